The minimum absolute atomic E-state index is 0.214. The molecular formula is C60H57O9PSe. The first-order valence-corrected chi connectivity index (χ1v) is 27.8. The van der Waals surface area contributed by atoms with Crippen LogP contribution in [0.5, 0.6) is 17.2 Å². The molecule has 6 aromatic rings. The van der Waals surface area contributed by atoms with Crippen LogP contribution in [0.3, 0.4) is 0 Å². The molecule has 0 radical (unpaired) electrons. The number of esters is 3. The number of hydrogen-bond acceptors (Lipinski definition) is 9. The molecule has 0 bridgehead atoms. The first kappa shape index (κ1) is 53.1. The maximum absolute atomic E-state index is 11.6. The number of rotatable bonds is 21. The second kappa shape index (κ2) is 28.4. The fraction of sp³-hybridized carbons (Fsp3) is 0.250. The fourth-order valence-corrected chi connectivity index (χ4v) is 11.9. The van der Waals surface area contributed by atoms with Gasteiger partial charge in [0.05, 0.1) is 39.6 Å². The number of ether oxygens (including phenoxy) is 6. The third-order valence-electron chi connectivity index (χ3n) is 10.6. The molecule has 0 unspecified atom stereocenters. The molecule has 0 aliphatic rings. The van der Waals surface area contributed by atoms with Crippen molar-refractivity contribution in [3.05, 3.63) is 179 Å². The van der Waals surface area contributed by atoms with E-state index in [1.54, 1.807) is 20.8 Å². The molecule has 0 saturated heterocycles. The third kappa shape index (κ3) is 17.3. The summed E-state index contributed by atoms with van der Waals surface area (Å²) in [7, 11) is 0. The summed E-state index contributed by atoms with van der Waals surface area (Å²) in [4.78, 5) is 34.8. The van der Waals surface area contributed by atoms with Crippen molar-refractivity contribution >= 4 is 54.4 Å². The van der Waals surface area contributed by atoms with Crippen LogP contribution in [0.4, 0.5) is 0 Å². The molecule has 0 aromatic heterocycles. The van der Waals surface area contributed by atoms with Gasteiger partial charge in [0.15, 0.2) is 0 Å². The number of benzene rings is 6. The molecule has 71 heavy (non-hydrogen) atoms. The van der Waals surface area contributed by atoms with E-state index in [0.29, 0.717) is 78.2 Å². The van der Waals surface area contributed by atoms with Crippen molar-refractivity contribution < 1.29 is 42.8 Å². The van der Waals surface area contributed by atoms with E-state index in [-0.39, 0.29) is 17.9 Å². The maximum atomic E-state index is 11.6. The van der Waals surface area contributed by atoms with Crippen LogP contribution in [0.25, 0.3) is 0 Å². The van der Waals surface area contributed by atoms with Crippen molar-refractivity contribution in [2.24, 2.45) is 0 Å². The van der Waals surface area contributed by atoms with Crippen molar-refractivity contribution in [2.75, 3.05) is 39.6 Å². The second-order valence-corrected chi connectivity index (χ2v) is 22.1. The number of hydrogen-bond donors (Lipinski definition) is 0. The summed E-state index contributed by atoms with van der Waals surface area (Å²) >= 11 is 3.67. The van der Waals surface area contributed by atoms with Crippen LogP contribution in [0.2, 0.25) is 0 Å². The zero-order valence-corrected chi connectivity index (χ0v) is 43.0. The summed E-state index contributed by atoms with van der Waals surface area (Å²) in [6.45, 7) is 7.81. The molecular weight excluding hydrogens is 975 g/mol. The van der Waals surface area contributed by atoms with Crippen molar-refractivity contribution in [3.63, 3.8) is 0 Å². The van der Waals surface area contributed by atoms with E-state index < -0.39 is 5.51 Å². The topological polar surface area (TPSA) is 107 Å². The van der Waals surface area contributed by atoms with Crippen LogP contribution in [0, 0.1) is 35.5 Å². The van der Waals surface area contributed by atoms with E-state index in [0.717, 1.165) is 66.5 Å². The third-order valence-corrected chi connectivity index (χ3v) is 17.7. The molecule has 0 saturated carbocycles. The minimum atomic E-state index is -2.29. The summed E-state index contributed by atoms with van der Waals surface area (Å²) in [6.07, 6.45) is 2.74. The molecule has 0 fully saturated rings. The Labute approximate surface area is 425 Å². The van der Waals surface area contributed by atoms with Crippen LogP contribution in [-0.4, -0.2) is 72.6 Å². The molecule has 0 spiro atoms. The number of carbonyl (C=O) groups excluding carboxylic acids is 3. The van der Waals surface area contributed by atoms with Crippen molar-refractivity contribution in [1.29, 1.82) is 0 Å². The van der Waals surface area contributed by atoms with Crippen molar-refractivity contribution in [3.8, 4) is 52.8 Å². The normalized spacial score (nSPS) is 10.5. The Balaban J connectivity index is 1.16. The van der Waals surface area contributed by atoms with Gasteiger partial charge in [0.2, 0.25) is 0 Å². The van der Waals surface area contributed by atoms with Crippen LogP contribution in [0.15, 0.2) is 146 Å². The van der Waals surface area contributed by atoms with E-state index in [4.69, 9.17) is 28.4 Å². The molecule has 0 atom stereocenters. The summed E-state index contributed by atoms with van der Waals surface area (Å²) in [5, 5.41) is 3.45. The predicted octanol–water partition coefficient (Wildman–Crippen LogP) is 9.43. The standard InChI is InChI=1S/C60H57O9PSe/c1-4-64-58(61)10-7-43-67-52-31-19-46(20-32-52)13-16-49-25-37-55(38-26-49)70(71,56-39-27-50(28-40-56)17-14-47-21-33-53(34-22-47)68-44-8-11-59(62)65-5-2)57-41-29-51(30-42-57)18-15-48-23-35-54(36-24-48)69-45-9-12-60(63)66-6-3/h19-42H,4-12,43-45H2,1-3H3. The fourth-order valence-electron chi connectivity index (χ4n) is 6.97. The summed E-state index contributed by atoms with van der Waals surface area (Å²) in [5.41, 5.74) is 2.96. The van der Waals surface area contributed by atoms with Gasteiger partial charge in [-0.15, -0.1) is 0 Å². The molecule has 0 aliphatic heterocycles. The average Bonchev–Trinajstić information content (AvgIpc) is 3.40. The quantitative estimate of drug-likeness (QED) is 0.0174. The van der Waals surface area contributed by atoms with Gasteiger partial charge in [0, 0.05) is 19.3 Å². The zero-order valence-electron chi connectivity index (χ0n) is 40.4. The van der Waals surface area contributed by atoms with E-state index in [1.807, 2.05) is 72.8 Å². The van der Waals surface area contributed by atoms with E-state index in [9.17, 15) is 14.4 Å². The van der Waals surface area contributed by atoms with E-state index in [2.05, 4.69) is 123 Å². The first-order chi connectivity index (χ1) is 34.6. The summed E-state index contributed by atoms with van der Waals surface area (Å²) in [6, 6.07) is 48.2. The van der Waals surface area contributed by atoms with Crippen molar-refractivity contribution in [1.82, 2.24) is 0 Å². The van der Waals surface area contributed by atoms with E-state index in [1.165, 1.54) is 0 Å². The van der Waals surface area contributed by atoms with Gasteiger partial charge in [-0.2, -0.15) is 0 Å². The molecule has 6 rings (SSSR count). The Bertz CT molecular complexity index is 2590. The molecule has 362 valence electrons. The first-order valence-electron chi connectivity index (χ1n) is 23.8. The molecule has 0 aliphatic carbocycles. The van der Waals surface area contributed by atoms with Crippen LogP contribution in [-0.2, 0) is 28.6 Å². The van der Waals surface area contributed by atoms with Crippen LogP contribution in [0.1, 0.15) is 92.7 Å². The van der Waals surface area contributed by atoms with Crippen molar-refractivity contribution in [2.45, 2.75) is 59.3 Å². The Kier molecular flexibility index (Phi) is 21.3. The van der Waals surface area contributed by atoms with Gasteiger partial charge in [-0.3, -0.25) is 14.4 Å². The number of carbonyl (C=O) groups is 3. The molecule has 0 heterocycles. The molecule has 11 heteroatoms. The Morgan fingerprint density at radius 3 is 0.789 bits per heavy atom. The van der Waals surface area contributed by atoms with Gasteiger partial charge in [0.1, 0.15) is 0 Å². The van der Waals surface area contributed by atoms with Gasteiger partial charge < -0.3 is 14.2 Å². The Morgan fingerprint density at radius 1 is 0.366 bits per heavy atom. The Morgan fingerprint density at radius 2 is 0.577 bits per heavy atom. The predicted molar refractivity (Wildman–Crippen MR) is 282 cm³/mol. The Hall–Kier alpha value is -7.24. The van der Waals surface area contributed by atoms with Crippen LogP contribution >= 0.6 is 5.51 Å². The van der Waals surface area contributed by atoms with Gasteiger partial charge in [-0.25, -0.2) is 0 Å². The molecule has 6 aromatic carbocycles. The van der Waals surface area contributed by atoms with E-state index >= 15 is 0 Å². The van der Waals surface area contributed by atoms with Gasteiger partial charge in [-0.1, -0.05) is 0 Å². The SMILES string of the molecule is CCOC(=O)CCCOc1ccc(C#Cc2ccc(P(=[Se])(c3ccc(C#Cc4ccc(OCCCC(=O)OCC)cc4)cc3)c3ccc(C#Cc4ccc(OCCCC(=O)OCC)cc4)cc3)cc2)cc1. The van der Waals surface area contributed by atoms with Gasteiger partial charge in [-0.05, 0) is 40.0 Å². The summed E-state index contributed by atoms with van der Waals surface area (Å²) in [5.74, 6) is 21.3. The monoisotopic (exact) mass is 1030 g/mol. The molecule has 9 nitrogen and oxygen atoms in total. The zero-order chi connectivity index (χ0) is 50.1. The second-order valence-electron chi connectivity index (χ2n) is 15.8. The van der Waals surface area contributed by atoms with Crippen LogP contribution < -0.4 is 30.1 Å². The average molecular weight is 1030 g/mol. The molecule has 0 amide bonds. The summed E-state index contributed by atoms with van der Waals surface area (Å²) < 4.78 is 32.3. The van der Waals surface area contributed by atoms with Gasteiger partial charge >= 0.3 is 300 Å². The molecule has 0 N–H and O–H groups in total. The van der Waals surface area contributed by atoms with Gasteiger partial charge in [0.25, 0.3) is 0 Å².